The Hall–Kier alpha value is -2.76. The number of carbonyl (C=O) groups excluding carboxylic acids is 1. The molecule has 0 saturated carbocycles. The normalized spacial score (nSPS) is 13.5. The van der Waals surface area contributed by atoms with E-state index >= 15 is 0 Å². The Morgan fingerprint density at radius 2 is 2.00 bits per heavy atom. The van der Waals surface area contributed by atoms with E-state index in [0.717, 1.165) is 29.4 Å². The molecule has 0 N–H and O–H groups in total. The van der Waals surface area contributed by atoms with E-state index in [1.807, 2.05) is 18.2 Å². The number of benzene rings is 2. The van der Waals surface area contributed by atoms with Crippen LogP contribution in [0.25, 0.3) is 6.08 Å². The van der Waals surface area contributed by atoms with Gasteiger partial charge in [0.05, 0.1) is 12.2 Å². The van der Waals surface area contributed by atoms with Gasteiger partial charge in [-0.1, -0.05) is 24.3 Å². The summed E-state index contributed by atoms with van der Waals surface area (Å²) in [6.07, 6.45) is -0.581. The lowest BCUT2D eigenvalue weighted by Gasteiger charge is -2.19. The summed E-state index contributed by atoms with van der Waals surface area (Å²) in [7, 11) is 1.48. The first-order valence-electron chi connectivity index (χ1n) is 8.18. The molecule has 0 saturated heterocycles. The predicted molar refractivity (Wildman–Crippen MR) is 92.6 cm³/mol. The molecular weight excluding hydrogens is 343 g/mol. The molecule has 0 radical (unpaired) electrons. The number of hydrogen-bond donors (Lipinski definition) is 0. The fourth-order valence-electron chi connectivity index (χ4n) is 2.87. The number of ether oxygens (including phenoxy) is 1. The number of carbonyl (C=O) groups is 1. The molecule has 3 rings (SSSR count). The van der Waals surface area contributed by atoms with Gasteiger partial charge in [0.15, 0.2) is 0 Å². The number of alkyl halides is 3. The first-order chi connectivity index (χ1) is 12.3. The van der Waals surface area contributed by atoms with Crippen LogP contribution in [0.2, 0.25) is 0 Å². The molecule has 0 aliphatic carbocycles. The van der Waals surface area contributed by atoms with Crippen LogP contribution in [-0.4, -0.2) is 24.5 Å². The Morgan fingerprint density at radius 1 is 1.23 bits per heavy atom. The maximum Gasteiger partial charge on any atom is 0.416 e. The molecule has 0 aromatic heterocycles. The Balaban J connectivity index is 1.69. The molecule has 0 bridgehead atoms. The van der Waals surface area contributed by atoms with E-state index in [4.69, 9.17) is 4.74 Å². The number of fused-ring (bicyclic) bond motifs is 1. The van der Waals surface area contributed by atoms with Gasteiger partial charge in [-0.2, -0.15) is 13.2 Å². The first-order valence-corrected chi connectivity index (χ1v) is 8.18. The maximum atomic E-state index is 13.1. The molecule has 0 spiro atoms. The summed E-state index contributed by atoms with van der Waals surface area (Å²) >= 11 is 0. The van der Waals surface area contributed by atoms with Crippen molar-refractivity contribution in [3.05, 3.63) is 70.8 Å². The van der Waals surface area contributed by atoms with Gasteiger partial charge in [0, 0.05) is 26.1 Å². The Kier molecular flexibility index (Phi) is 5.02. The predicted octanol–water partition coefficient (Wildman–Crippen LogP) is 4.31. The zero-order valence-corrected chi connectivity index (χ0v) is 14.2. The standard InChI is InChI=1S/C20H18F3NO2/c1-24(13-16-4-2-3-5-17(16)20(21,22)23)19(25)9-7-14-6-8-18-15(12-14)10-11-26-18/h2-9,12H,10-11,13H2,1H3/b9-7+. The van der Waals surface area contributed by atoms with Crippen molar-refractivity contribution in [1.82, 2.24) is 4.90 Å². The van der Waals surface area contributed by atoms with Crippen molar-refractivity contribution in [2.75, 3.05) is 13.7 Å². The highest BCUT2D eigenvalue weighted by molar-refractivity contribution is 5.91. The number of rotatable bonds is 4. The van der Waals surface area contributed by atoms with Crippen LogP contribution in [0, 0.1) is 0 Å². The van der Waals surface area contributed by atoms with Crippen LogP contribution in [-0.2, 0) is 23.9 Å². The van der Waals surface area contributed by atoms with Gasteiger partial charge in [-0.05, 0) is 41.0 Å². The largest absolute Gasteiger partial charge is 0.493 e. The van der Waals surface area contributed by atoms with Crippen LogP contribution in [0.15, 0.2) is 48.5 Å². The summed E-state index contributed by atoms with van der Waals surface area (Å²) in [5.74, 6) is 0.494. The molecule has 0 fully saturated rings. The summed E-state index contributed by atoms with van der Waals surface area (Å²) in [5, 5.41) is 0. The molecule has 2 aromatic carbocycles. The van der Waals surface area contributed by atoms with Gasteiger partial charge in [0.25, 0.3) is 0 Å². The molecule has 6 heteroatoms. The van der Waals surface area contributed by atoms with Crippen LogP contribution < -0.4 is 4.74 Å². The Morgan fingerprint density at radius 3 is 2.77 bits per heavy atom. The van der Waals surface area contributed by atoms with Crippen LogP contribution in [0.3, 0.4) is 0 Å². The molecule has 1 heterocycles. The quantitative estimate of drug-likeness (QED) is 0.760. The second kappa shape index (κ2) is 7.23. The van der Waals surface area contributed by atoms with E-state index in [2.05, 4.69) is 0 Å². The number of hydrogen-bond acceptors (Lipinski definition) is 2. The smallest absolute Gasteiger partial charge is 0.416 e. The van der Waals surface area contributed by atoms with Crippen molar-refractivity contribution in [2.24, 2.45) is 0 Å². The first kappa shape index (κ1) is 18.0. The SMILES string of the molecule is CN(Cc1ccccc1C(F)(F)F)C(=O)/C=C/c1ccc2c(c1)CCO2. The highest BCUT2D eigenvalue weighted by atomic mass is 19.4. The highest BCUT2D eigenvalue weighted by Gasteiger charge is 2.33. The van der Waals surface area contributed by atoms with Crippen LogP contribution >= 0.6 is 0 Å². The topological polar surface area (TPSA) is 29.5 Å². The van der Waals surface area contributed by atoms with Gasteiger partial charge < -0.3 is 9.64 Å². The minimum absolute atomic E-state index is 0.0685. The van der Waals surface area contributed by atoms with E-state index in [1.165, 1.54) is 36.2 Å². The molecule has 1 aliphatic rings. The molecule has 0 unspecified atom stereocenters. The Labute approximate surface area is 149 Å². The minimum Gasteiger partial charge on any atom is -0.493 e. The molecule has 1 amide bonds. The highest BCUT2D eigenvalue weighted by Crippen LogP contribution is 2.32. The monoisotopic (exact) mass is 361 g/mol. The van der Waals surface area contributed by atoms with Crippen molar-refractivity contribution >= 4 is 12.0 Å². The summed E-state index contributed by atoms with van der Waals surface area (Å²) in [6, 6.07) is 10.9. The second-order valence-electron chi connectivity index (χ2n) is 6.15. The fourth-order valence-corrected chi connectivity index (χ4v) is 2.87. The zero-order valence-electron chi connectivity index (χ0n) is 14.2. The van der Waals surface area contributed by atoms with E-state index in [9.17, 15) is 18.0 Å². The van der Waals surface area contributed by atoms with Crippen molar-refractivity contribution < 1.29 is 22.7 Å². The molecule has 2 aromatic rings. The van der Waals surface area contributed by atoms with Gasteiger partial charge in [0.1, 0.15) is 5.75 Å². The number of nitrogens with zero attached hydrogens (tertiary/aromatic N) is 1. The van der Waals surface area contributed by atoms with Crippen molar-refractivity contribution in [3.8, 4) is 5.75 Å². The Bertz CT molecular complexity index is 843. The van der Waals surface area contributed by atoms with Gasteiger partial charge in [0.2, 0.25) is 5.91 Å². The third-order valence-electron chi connectivity index (χ3n) is 4.24. The summed E-state index contributed by atoms with van der Waals surface area (Å²) < 4.78 is 44.6. The van der Waals surface area contributed by atoms with Gasteiger partial charge in [-0.15, -0.1) is 0 Å². The molecule has 1 aliphatic heterocycles. The molecule has 0 atom stereocenters. The lowest BCUT2D eigenvalue weighted by atomic mass is 10.1. The van der Waals surface area contributed by atoms with Crippen LogP contribution in [0.1, 0.15) is 22.3 Å². The lowest BCUT2D eigenvalue weighted by Crippen LogP contribution is -2.25. The molecule has 3 nitrogen and oxygen atoms in total. The molecule has 26 heavy (non-hydrogen) atoms. The van der Waals surface area contributed by atoms with Gasteiger partial charge in [-0.3, -0.25) is 4.79 Å². The minimum atomic E-state index is -4.44. The van der Waals surface area contributed by atoms with Gasteiger partial charge >= 0.3 is 6.18 Å². The van der Waals surface area contributed by atoms with E-state index in [-0.39, 0.29) is 18.0 Å². The van der Waals surface area contributed by atoms with Crippen LogP contribution in [0.4, 0.5) is 13.2 Å². The van der Waals surface area contributed by atoms with Gasteiger partial charge in [-0.25, -0.2) is 0 Å². The third kappa shape index (κ3) is 4.07. The maximum absolute atomic E-state index is 13.1. The fraction of sp³-hybridized carbons (Fsp3) is 0.250. The van der Waals surface area contributed by atoms with Crippen molar-refractivity contribution in [1.29, 1.82) is 0 Å². The van der Waals surface area contributed by atoms with E-state index < -0.39 is 11.7 Å². The average Bonchev–Trinajstić information content (AvgIpc) is 3.06. The summed E-state index contributed by atoms with van der Waals surface area (Å²) in [4.78, 5) is 13.5. The van der Waals surface area contributed by atoms with E-state index in [0.29, 0.717) is 6.61 Å². The number of halogens is 3. The second-order valence-corrected chi connectivity index (χ2v) is 6.15. The third-order valence-corrected chi connectivity index (χ3v) is 4.24. The lowest BCUT2D eigenvalue weighted by molar-refractivity contribution is -0.139. The molecule has 136 valence electrons. The number of amides is 1. The summed E-state index contributed by atoms with van der Waals surface area (Å²) in [5.41, 5.74) is 1.29. The summed E-state index contributed by atoms with van der Waals surface area (Å²) in [6.45, 7) is 0.541. The van der Waals surface area contributed by atoms with Crippen molar-refractivity contribution in [3.63, 3.8) is 0 Å². The number of likely N-dealkylation sites (N-methyl/N-ethyl adjacent to an activating group) is 1. The average molecular weight is 361 g/mol. The zero-order chi connectivity index (χ0) is 18.7. The van der Waals surface area contributed by atoms with Crippen molar-refractivity contribution in [2.45, 2.75) is 19.1 Å². The molecular formula is C20H18F3NO2. The van der Waals surface area contributed by atoms with Crippen LogP contribution in [0.5, 0.6) is 5.75 Å². The van der Waals surface area contributed by atoms with E-state index in [1.54, 1.807) is 6.08 Å².